The van der Waals surface area contributed by atoms with Crippen molar-refractivity contribution >= 4 is 28.9 Å². The number of nitro benzene ring substituents is 1. The number of halogens is 2. The lowest BCUT2D eigenvalue weighted by atomic mass is 9.92. The summed E-state index contributed by atoms with van der Waals surface area (Å²) >= 11 is 12.4. The van der Waals surface area contributed by atoms with Crippen molar-refractivity contribution in [2.75, 3.05) is 13.6 Å². The van der Waals surface area contributed by atoms with Gasteiger partial charge in [0.15, 0.2) is 0 Å². The normalized spacial score (nSPS) is 13.4. The minimum absolute atomic E-state index is 0.0343. The number of nitrogens with zero attached hydrogens (tertiary/aromatic N) is 5. The van der Waals surface area contributed by atoms with Crippen molar-refractivity contribution in [2.24, 2.45) is 0 Å². The number of likely N-dealkylation sites (N-methyl/N-ethyl adjacent to an activating group) is 1. The van der Waals surface area contributed by atoms with Crippen molar-refractivity contribution in [1.82, 2.24) is 19.7 Å². The molecule has 0 spiro atoms. The molecule has 0 bridgehead atoms. The Morgan fingerprint density at radius 1 is 1.24 bits per heavy atom. The molecule has 1 N–H and O–H groups in total. The van der Waals surface area contributed by atoms with Crippen molar-refractivity contribution in [2.45, 2.75) is 18.7 Å². The van der Waals surface area contributed by atoms with Crippen LogP contribution in [0.5, 0.6) is 0 Å². The second-order valence-corrected chi connectivity index (χ2v) is 7.69. The third kappa shape index (κ3) is 5.30. The van der Waals surface area contributed by atoms with Gasteiger partial charge in [0.1, 0.15) is 18.3 Å². The maximum atomic E-state index is 11.5. The van der Waals surface area contributed by atoms with Crippen LogP contribution in [-0.4, -0.2) is 43.3 Å². The maximum Gasteiger partial charge on any atom is 0.269 e. The Hall–Kier alpha value is -2.52. The number of aliphatic hydroxyl groups is 1. The lowest BCUT2D eigenvalue weighted by Gasteiger charge is -2.33. The van der Waals surface area contributed by atoms with E-state index in [-0.39, 0.29) is 18.8 Å². The van der Waals surface area contributed by atoms with E-state index in [4.69, 9.17) is 23.2 Å². The van der Waals surface area contributed by atoms with Crippen LogP contribution in [0, 0.1) is 10.1 Å². The van der Waals surface area contributed by atoms with Gasteiger partial charge < -0.3 is 5.11 Å². The summed E-state index contributed by atoms with van der Waals surface area (Å²) in [7, 11) is 1.84. The van der Waals surface area contributed by atoms with E-state index < -0.39 is 10.5 Å². The molecule has 152 valence electrons. The van der Waals surface area contributed by atoms with Crippen LogP contribution in [0.4, 0.5) is 5.69 Å². The molecule has 0 radical (unpaired) electrons. The molecule has 29 heavy (non-hydrogen) atoms. The number of hydrogen-bond donors (Lipinski definition) is 1. The lowest BCUT2D eigenvalue weighted by molar-refractivity contribution is -0.384. The van der Waals surface area contributed by atoms with Crippen LogP contribution in [-0.2, 0) is 18.7 Å². The molecule has 0 aliphatic heterocycles. The van der Waals surface area contributed by atoms with Gasteiger partial charge in [-0.2, -0.15) is 5.10 Å². The molecule has 0 aliphatic rings. The van der Waals surface area contributed by atoms with Gasteiger partial charge in [-0.25, -0.2) is 9.67 Å². The van der Waals surface area contributed by atoms with Gasteiger partial charge in [-0.05, 0) is 24.7 Å². The zero-order chi connectivity index (χ0) is 21.0. The second kappa shape index (κ2) is 8.87. The molecule has 1 atom stereocenters. The monoisotopic (exact) mass is 435 g/mol. The van der Waals surface area contributed by atoms with E-state index in [0.29, 0.717) is 22.2 Å². The highest BCUT2D eigenvalue weighted by molar-refractivity contribution is 6.35. The molecule has 3 rings (SSSR count). The molecule has 0 amide bonds. The molecule has 0 aliphatic carbocycles. The molecule has 2 aromatic carbocycles. The van der Waals surface area contributed by atoms with Gasteiger partial charge in [0.25, 0.3) is 5.69 Å². The van der Waals surface area contributed by atoms with Gasteiger partial charge >= 0.3 is 0 Å². The first kappa shape index (κ1) is 21.2. The summed E-state index contributed by atoms with van der Waals surface area (Å²) in [6, 6.07) is 11.3. The molecule has 10 heteroatoms. The van der Waals surface area contributed by atoms with E-state index in [2.05, 4.69) is 10.1 Å². The average molecular weight is 436 g/mol. The van der Waals surface area contributed by atoms with Gasteiger partial charge in [-0.1, -0.05) is 41.4 Å². The van der Waals surface area contributed by atoms with E-state index >= 15 is 0 Å². The van der Waals surface area contributed by atoms with Crippen molar-refractivity contribution in [3.05, 3.63) is 86.4 Å². The van der Waals surface area contributed by atoms with Crippen LogP contribution in [0.15, 0.2) is 55.1 Å². The van der Waals surface area contributed by atoms with Crippen molar-refractivity contribution in [3.8, 4) is 0 Å². The summed E-state index contributed by atoms with van der Waals surface area (Å²) in [4.78, 5) is 16.2. The Labute approximate surface area is 177 Å². The SMILES string of the molecule is CN(Cc1ccc([N+](=O)[O-])cc1)CC(O)(Cn1cncn1)c1ccc(Cl)cc1Cl. The maximum absolute atomic E-state index is 11.5. The van der Waals surface area contributed by atoms with Gasteiger partial charge in [0.2, 0.25) is 0 Å². The van der Waals surface area contributed by atoms with Crippen LogP contribution in [0.1, 0.15) is 11.1 Å². The summed E-state index contributed by atoms with van der Waals surface area (Å²) < 4.78 is 1.53. The van der Waals surface area contributed by atoms with Gasteiger partial charge in [0.05, 0.1) is 11.5 Å². The number of rotatable bonds is 8. The number of hydrogen-bond acceptors (Lipinski definition) is 6. The topological polar surface area (TPSA) is 97.3 Å². The van der Waals surface area contributed by atoms with Crippen LogP contribution in [0.3, 0.4) is 0 Å². The van der Waals surface area contributed by atoms with E-state index in [1.807, 2.05) is 11.9 Å². The Bertz CT molecular complexity index is 982. The fraction of sp³-hybridized carbons (Fsp3) is 0.263. The molecule has 8 nitrogen and oxygen atoms in total. The molecular formula is C19H19Cl2N5O3. The summed E-state index contributed by atoms with van der Waals surface area (Å²) in [5.74, 6) is 0. The fourth-order valence-corrected chi connectivity index (χ4v) is 3.79. The van der Waals surface area contributed by atoms with E-state index in [1.54, 1.807) is 30.3 Å². The molecule has 0 fully saturated rings. The first-order chi connectivity index (χ1) is 13.8. The second-order valence-electron chi connectivity index (χ2n) is 6.84. The molecule has 3 aromatic rings. The zero-order valence-electron chi connectivity index (χ0n) is 15.6. The van der Waals surface area contributed by atoms with Crippen LogP contribution < -0.4 is 0 Å². The Kier molecular flexibility index (Phi) is 6.49. The lowest BCUT2D eigenvalue weighted by Crippen LogP contribution is -2.42. The molecule has 0 saturated heterocycles. The Morgan fingerprint density at radius 3 is 2.55 bits per heavy atom. The Morgan fingerprint density at radius 2 is 1.97 bits per heavy atom. The smallest absolute Gasteiger partial charge is 0.269 e. The predicted molar refractivity (Wildman–Crippen MR) is 110 cm³/mol. The van der Waals surface area contributed by atoms with Crippen LogP contribution in [0.2, 0.25) is 10.0 Å². The summed E-state index contributed by atoms with van der Waals surface area (Å²) in [6.45, 7) is 0.840. The zero-order valence-corrected chi connectivity index (χ0v) is 17.1. The first-order valence-corrected chi connectivity index (χ1v) is 9.45. The minimum atomic E-state index is -1.37. The molecule has 1 heterocycles. The number of nitro groups is 1. The average Bonchev–Trinajstić information content (AvgIpc) is 3.14. The van der Waals surface area contributed by atoms with Gasteiger partial charge in [-0.15, -0.1) is 0 Å². The number of benzene rings is 2. The van der Waals surface area contributed by atoms with Crippen LogP contribution >= 0.6 is 23.2 Å². The van der Waals surface area contributed by atoms with E-state index in [1.165, 1.54) is 29.5 Å². The van der Waals surface area contributed by atoms with E-state index in [0.717, 1.165) is 5.56 Å². The highest BCUT2D eigenvalue weighted by atomic mass is 35.5. The highest BCUT2D eigenvalue weighted by Gasteiger charge is 2.34. The predicted octanol–water partition coefficient (Wildman–Crippen LogP) is 3.51. The van der Waals surface area contributed by atoms with Gasteiger partial charge in [0, 0.05) is 40.8 Å². The third-order valence-electron chi connectivity index (χ3n) is 4.45. The first-order valence-electron chi connectivity index (χ1n) is 8.69. The summed E-state index contributed by atoms with van der Waals surface area (Å²) in [5.41, 5.74) is 0.0651. The van der Waals surface area contributed by atoms with Crippen molar-refractivity contribution in [1.29, 1.82) is 0 Å². The Balaban J connectivity index is 1.83. The molecule has 0 saturated carbocycles. The van der Waals surface area contributed by atoms with Crippen LogP contribution in [0.25, 0.3) is 0 Å². The minimum Gasteiger partial charge on any atom is -0.382 e. The van der Waals surface area contributed by atoms with E-state index in [9.17, 15) is 15.2 Å². The third-order valence-corrected chi connectivity index (χ3v) is 5.00. The number of aromatic nitrogens is 3. The summed E-state index contributed by atoms with van der Waals surface area (Å²) in [6.07, 6.45) is 2.91. The van der Waals surface area contributed by atoms with Crippen molar-refractivity contribution in [3.63, 3.8) is 0 Å². The molecular weight excluding hydrogens is 417 g/mol. The van der Waals surface area contributed by atoms with Gasteiger partial charge in [-0.3, -0.25) is 15.0 Å². The standard InChI is InChI=1S/C19H19Cl2N5O3/c1-24(9-14-2-5-16(6-3-14)26(28)29)10-19(27,11-25-13-22-12-23-25)17-7-4-15(20)8-18(17)21/h2-8,12-13,27H,9-11H2,1H3. The highest BCUT2D eigenvalue weighted by Crippen LogP contribution is 2.32. The number of non-ortho nitro benzene ring substituents is 1. The fourth-order valence-electron chi connectivity index (χ4n) is 3.21. The molecule has 1 aromatic heterocycles. The summed E-state index contributed by atoms with van der Waals surface area (Å²) in [5, 5.41) is 27.3. The largest absolute Gasteiger partial charge is 0.382 e. The van der Waals surface area contributed by atoms with Crippen molar-refractivity contribution < 1.29 is 10.0 Å². The quantitative estimate of drug-likeness (QED) is 0.429. The molecule has 1 unspecified atom stereocenters.